The Morgan fingerprint density at radius 2 is 1.78 bits per heavy atom. The summed E-state index contributed by atoms with van der Waals surface area (Å²) in [6.07, 6.45) is -0.575. The molecule has 1 aromatic carbocycles. The van der Waals surface area contributed by atoms with Gasteiger partial charge in [0.15, 0.2) is 0 Å². The molecule has 0 heterocycles. The van der Waals surface area contributed by atoms with Crippen molar-refractivity contribution in [3.8, 4) is 0 Å². The summed E-state index contributed by atoms with van der Waals surface area (Å²) < 4.78 is 36.7. The van der Waals surface area contributed by atoms with Crippen molar-refractivity contribution in [1.29, 1.82) is 0 Å². The molecular formula is C18H19F3N2O4. The van der Waals surface area contributed by atoms with Gasteiger partial charge in [0, 0.05) is 11.3 Å². The van der Waals surface area contributed by atoms with Gasteiger partial charge in [0.1, 0.15) is 6.54 Å². The van der Waals surface area contributed by atoms with E-state index in [-0.39, 0.29) is 24.1 Å². The van der Waals surface area contributed by atoms with E-state index in [9.17, 15) is 32.7 Å². The monoisotopic (exact) mass is 384 g/mol. The summed E-state index contributed by atoms with van der Waals surface area (Å²) in [5.74, 6) is -4.13. The molecule has 0 aromatic heterocycles. The van der Waals surface area contributed by atoms with Crippen LogP contribution in [0.5, 0.6) is 0 Å². The van der Waals surface area contributed by atoms with E-state index < -0.39 is 42.3 Å². The normalized spacial score (nSPS) is 19.4. The molecule has 1 aliphatic rings. The Morgan fingerprint density at radius 1 is 1.15 bits per heavy atom. The molecule has 0 saturated carbocycles. The number of carbonyl (C=O) groups is 3. The molecule has 0 aliphatic heterocycles. The lowest BCUT2D eigenvalue weighted by molar-refractivity contribution is -0.146. The highest BCUT2D eigenvalue weighted by molar-refractivity contribution is 5.99. The number of carboxylic acid groups (broad SMARTS) is 1. The zero-order chi connectivity index (χ0) is 20.2. The maximum absolute atomic E-state index is 12.5. The highest BCUT2D eigenvalue weighted by Gasteiger charge is 2.34. The summed E-state index contributed by atoms with van der Waals surface area (Å²) in [6, 6.07) is 4.11. The molecule has 146 valence electrons. The second-order valence-electron chi connectivity index (χ2n) is 6.31. The highest BCUT2D eigenvalue weighted by atomic mass is 19.4. The van der Waals surface area contributed by atoms with Crippen molar-refractivity contribution < 1.29 is 32.7 Å². The summed E-state index contributed by atoms with van der Waals surface area (Å²) in [7, 11) is 0. The first-order chi connectivity index (χ1) is 12.6. The standard InChI is InChI=1S/C18H19F3N2O4/c1-10-6-7-11(15(24)22-9-18(19,20)21)8-14(10)23-16(25)12-4-2-3-5-13(12)17(26)27/h2-3,6-8,12-13H,4-5,9H2,1H3,(H,22,24)(H,23,25)(H,26,27)/t12-,13+/m1/s1. The lowest BCUT2D eigenvalue weighted by Crippen LogP contribution is -2.35. The lowest BCUT2D eigenvalue weighted by Gasteiger charge is -2.24. The molecule has 2 rings (SSSR count). The first-order valence-electron chi connectivity index (χ1n) is 8.23. The fourth-order valence-electron chi connectivity index (χ4n) is 2.78. The Labute approximate surface area is 153 Å². The maximum atomic E-state index is 12.5. The van der Waals surface area contributed by atoms with Gasteiger partial charge < -0.3 is 15.7 Å². The van der Waals surface area contributed by atoms with Gasteiger partial charge in [0.25, 0.3) is 5.91 Å². The summed E-state index contributed by atoms with van der Waals surface area (Å²) in [5, 5.41) is 13.6. The Morgan fingerprint density at radius 3 is 2.37 bits per heavy atom. The average molecular weight is 384 g/mol. The zero-order valence-electron chi connectivity index (χ0n) is 14.5. The van der Waals surface area contributed by atoms with Crippen LogP contribution in [0.25, 0.3) is 0 Å². The molecule has 0 spiro atoms. The van der Waals surface area contributed by atoms with E-state index in [1.165, 1.54) is 18.2 Å². The van der Waals surface area contributed by atoms with Crippen LogP contribution in [0.2, 0.25) is 0 Å². The van der Waals surface area contributed by atoms with Crippen LogP contribution >= 0.6 is 0 Å². The lowest BCUT2D eigenvalue weighted by atomic mass is 9.82. The molecular weight excluding hydrogens is 365 g/mol. The molecule has 0 saturated heterocycles. The summed E-state index contributed by atoms with van der Waals surface area (Å²) >= 11 is 0. The van der Waals surface area contributed by atoms with Crippen LogP contribution in [-0.2, 0) is 9.59 Å². The first-order valence-corrected chi connectivity index (χ1v) is 8.23. The van der Waals surface area contributed by atoms with Crippen molar-refractivity contribution in [2.24, 2.45) is 11.8 Å². The predicted octanol–water partition coefficient (Wildman–Crippen LogP) is 2.89. The van der Waals surface area contributed by atoms with Crippen LogP contribution in [-0.4, -0.2) is 35.6 Å². The number of anilines is 1. The molecule has 3 N–H and O–H groups in total. The number of allylic oxidation sites excluding steroid dienone is 2. The second kappa shape index (κ2) is 8.24. The third kappa shape index (κ3) is 5.57. The number of carboxylic acids is 1. The van der Waals surface area contributed by atoms with Gasteiger partial charge in [-0.05, 0) is 37.5 Å². The highest BCUT2D eigenvalue weighted by Crippen LogP contribution is 2.28. The fourth-order valence-corrected chi connectivity index (χ4v) is 2.78. The molecule has 2 atom stereocenters. The van der Waals surface area contributed by atoms with Gasteiger partial charge in [-0.2, -0.15) is 13.2 Å². The van der Waals surface area contributed by atoms with Crippen LogP contribution in [0.15, 0.2) is 30.4 Å². The van der Waals surface area contributed by atoms with Crippen molar-refractivity contribution in [3.63, 3.8) is 0 Å². The number of carbonyl (C=O) groups excluding carboxylic acids is 2. The third-order valence-corrected chi connectivity index (χ3v) is 4.29. The van der Waals surface area contributed by atoms with Crippen molar-refractivity contribution in [3.05, 3.63) is 41.5 Å². The Bertz CT molecular complexity index is 774. The third-order valence-electron chi connectivity index (χ3n) is 4.29. The number of rotatable bonds is 5. The van der Waals surface area contributed by atoms with Crippen molar-refractivity contribution in [2.75, 3.05) is 11.9 Å². The van der Waals surface area contributed by atoms with Crippen LogP contribution in [0, 0.1) is 18.8 Å². The van der Waals surface area contributed by atoms with E-state index in [1.807, 2.05) is 0 Å². The Kier molecular flexibility index (Phi) is 6.24. The number of hydrogen-bond acceptors (Lipinski definition) is 3. The van der Waals surface area contributed by atoms with Gasteiger partial charge in [-0.1, -0.05) is 18.2 Å². The zero-order valence-corrected chi connectivity index (χ0v) is 14.5. The van der Waals surface area contributed by atoms with Gasteiger partial charge in [0.2, 0.25) is 5.91 Å². The van der Waals surface area contributed by atoms with E-state index >= 15 is 0 Å². The topological polar surface area (TPSA) is 95.5 Å². The number of halogens is 3. The SMILES string of the molecule is Cc1ccc(C(=O)NCC(F)(F)F)cc1NC(=O)[C@@H]1CC=CC[C@@H]1C(=O)O. The van der Waals surface area contributed by atoms with Crippen LogP contribution in [0.4, 0.5) is 18.9 Å². The summed E-state index contributed by atoms with van der Waals surface area (Å²) in [4.78, 5) is 35.7. The molecule has 2 amide bonds. The molecule has 0 radical (unpaired) electrons. The van der Waals surface area contributed by atoms with Crippen molar-refractivity contribution in [2.45, 2.75) is 25.9 Å². The van der Waals surface area contributed by atoms with Gasteiger partial charge >= 0.3 is 12.1 Å². The van der Waals surface area contributed by atoms with E-state index in [4.69, 9.17) is 0 Å². The minimum absolute atomic E-state index is 0.0431. The summed E-state index contributed by atoms with van der Waals surface area (Å²) in [6.45, 7) is 0.193. The van der Waals surface area contributed by atoms with Crippen molar-refractivity contribution in [1.82, 2.24) is 5.32 Å². The Hall–Kier alpha value is -2.84. The molecule has 1 aromatic rings. The largest absolute Gasteiger partial charge is 0.481 e. The molecule has 0 bridgehead atoms. The van der Waals surface area contributed by atoms with E-state index in [0.29, 0.717) is 5.56 Å². The van der Waals surface area contributed by atoms with Crippen LogP contribution < -0.4 is 10.6 Å². The maximum Gasteiger partial charge on any atom is 0.405 e. The molecule has 9 heteroatoms. The second-order valence-corrected chi connectivity index (χ2v) is 6.31. The molecule has 1 aliphatic carbocycles. The number of nitrogens with one attached hydrogen (secondary N) is 2. The van der Waals surface area contributed by atoms with E-state index in [1.54, 1.807) is 24.4 Å². The minimum atomic E-state index is -4.53. The average Bonchev–Trinajstić information content (AvgIpc) is 2.60. The van der Waals surface area contributed by atoms with Gasteiger partial charge in [0.05, 0.1) is 11.8 Å². The minimum Gasteiger partial charge on any atom is -0.481 e. The number of aryl methyl sites for hydroxylation is 1. The molecule has 0 fully saturated rings. The number of amides is 2. The van der Waals surface area contributed by atoms with Crippen LogP contribution in [0.1, 0.15) is 28.8 Å². The fraction of sp³-hybridized carbons (Fsp3) is 0.389. The van der Waals surface area contributed by atoms with Gasteiger partial charge in [-0.25, -0.2) is 0 Å². The Balaban J connectivity index is 2.14. The summed E-state index contributed by atoms with van der Waals surface area (Å²) in [5.41, 5.74) is 0.797. The number of aliphatic carboxylic acids is 1. The van der Waals surface area contributed by atoms with Gasteiger partial charge in [-0.3, -0.25) is 14.4 Å². The van der Waals surface area contributed by atoms with E-state index in [2.05, 4.69) is 5.32 Å². The predicted molar refractivity (Wildman–Crippen MR) is 91.2 cm³/mol. The first kappa shape index (κ1) is 20.5. The number of hydrogen-bond donors (Lipinski definition) is 3. The quantitative estimate of drug-likeness (QED) is 0.681. The molecule has 27 heavy (non-hydrogen) atoms. The van der Waals surface area contributed by atoms with Crippen LogP contribution in [0.3, 0.4) is 0 Å². The smallest absolute Gasteiger partial charge is 0.405 e. The van der Waals surface area contributed by atoms with Gasteiger partial charge in [-0.15, -0.1) is 0 Å². The molecule has 6 nitrogen and oxygen atoms in total. The number of alkyl halides is 3. The number of benzene rings is 1. The van der Waals surface area contributed by atoms with E-state index in [0.717, 1.165) is 0 Å². The van der Waals surface area contributed by atoms with Crippen molar-refractivity contribution >= 4 is 23.5 Å². The molecule has 0 unspecified atom stereocenters.